The zero-order valence-electron chi connectivity index (χ0n) is 8.66. The third-order valence-corrected chi connectivity index (χ3v) is 2.62. The SMILES string of the molecule is CN1CCC(NC(=O)c2[nH]ncc2N)C1. The number of rotatable bonds is 2. The molecule has 0 bridgehead atoms. The van der Waals surface area contributed by atoms with Crippen molar-refractivity contribution in [2.45, 2.75) is 12.5 Å². The first-order chi connectivity index (χ1) is 7.16. The lowest BCUT2D eigenvalue weighted by molar-refractivity contribution is 0.0934. The molecule has 82 valence electrons. The van der Waals surface area contributed by atoms with Crippen molar-refractivity contribution in [3.05, 3.63) is 11.9 Å². The number of likely N-dealkylation sites (N-methyl/N-ethyl adjacent to an activating group) is 1. The van der Waals surface area contributed by atoms with Crippen LogP contribution in [-0.2, 0) is 0 Å². The van der Waals surface area contributed by atoms with Gasteiger partial charge in [-0.1, -0.05) is 0 Å². The molecule has 2 rings (SSSR count). The number of anilines is 1. The quantitative estimate of drug-likeness (QED) is 0.608. The average Bonchev–Trinajstić information content (AvgIpc) is 2.75. The van der Waals surface area contributed by atoms with E-state index in [1.165, 1.54) is 6.20 Å². The van der Waals surface area contributed by atoms with Crippen LogP contribution in [-0.4, -0.2) is 47.2 Å². The number of hydrogen-bond donors (Lipinski definition) is 3. The Morgan fingerprint density at radius 3 is 3.13 bits per heavy atom. The predicted molar refractivity (Wildman–Crippen MR) is 56.4 cm³/mol. The van der Waals surface area contributed by atoms with Crippen LogP contribution in [0.25, 0.3) is 0 Å². The average molecular weight is 209 g/mol. The molecule has 6 nitrogen and oxygen atoms in total. The number of H-pyrrole nitrogens is 1. The molecule has 0 spiro atoms. The summed E-state index contributed by atoms with van der Waals surface area (Å²) < 4.78 is 0. The molecule has 1 aromatic rings. The molecule has 1 fully saturated rings. The van der Waals surface area contributed by atoms with Crippen molar-refractivity contribution in [3.63, 3.8) is 0 Å². The van der Waals surface area contributed by atoms with Crippen LogP contribution in [0.5, 0.6) is 0 Å². The van der Waals surface area contributed by atoms with Gasteiger partial charge in [0.2, 0.25) is 0 Å². The second-order valence-electron chi connectivity index (χ2n) is 3.92. The van der Waals surface area contributed by atoms with E-state index in [0.29, 0.717) is 11.4 Å². The first kappa shape index (κ1) is 9.97. The van der Waals surface area contributed by atoms with E-state index in [0.717, 1.165) is 19.5 Å². The van der Waals surface area contributed by atoms with Gasteiger partial charge in [-0.15, -0.1) is 0 Å². The highest BCUT2D eigenvalue weighted by Gasteiger charge is 2.22. The second kappa shape index (κ2) is 3.90. The number of likely N-dealkylation sites (tertiary alicyclic amines) is 1. The first-order valence-corrected chi connectivity index (χ1v) is 4.95. The number of nitrogens with two attached hydrogens (primary N) is 1. The van der Waals surface area contributed by atoms with Gasteiger partial charge in [-0.05, 0) is 20.0 Å². The number of aromatic nitrogens is 2. The summed E-state index contributed by atoms with van der Waals surface area (Å²) in [6.45, 7) is 1.91. The number of nitrogens with zero attached hydrogens (tertiary/aromatic N) is 2. The number of carbonyl (C=O) groups is 1. The number of amides is 1. The lowest BCUT2D eigenvalue weighted by Crippen LogP contribution is -2.36. The summed E-state index contributed by atoms with van der Waals surface area (Å²) in [7, 11) is 2.04. The zero-order valence-corrected chi connectivity index (χ0v) is 8.66. The summed E-state index contributed by atoms with van der Waals surface area (Å²) in [6.07, 6.45) is 2.42. The van der Waals surface area contributed by atoms with E-state index >= 15 is 0 Å². The molecule has 0 radical (unpaired) electrons. The highest BCUT2D eigenvalue weighted by molar-refractivity contribution is 5.97. The Kier molecular flexibility index (Phi) is 2.59. The molecule has 0 saturated carbocycles. The van der Waals surface area contributed by atoms with Crippen molar-refractivity contribution in [1.82, 2.24) is 20.4 Å². The van der Waals surface area contributed by atoms with Gasteiger partial charge in [0.15, 0.2) is 0 Å². The van der Waals surface area contributed by atoms with Crippen LogP contribution >= 0.6 is 0 Å². The van der Waals surface area contributed by atoms with Crippen LogP contribution in [0.4, 0.5) is 5.69 Å². The molecule has 1 saturated heterocycles. The smallest absolute Gasteiger partial charge is 0.271 e. The van der Waals surface area contributed by atoms with E-state index in [2.05, 4.69) is 20.4 Å². The molecule has 1 unspecified atom stereocenters. The largest absolute Gasteiger partial charge is 0.396 e. The summed E-state index contributed by atoms with van der Waals surface area (Å²) in [5.74, 6) is -0.176. The monoisotopic (exact) mass is 209 g/mol. The summed E-state index contributed by atoms with van der Waals surface area (Å²) in [6, 6.07) is 0.213. The Hall–Kier alpha value is -1.56. The zero-order chi connectivity index (χ0) is 10.8. The molecule has 6 heteroatoms. The van der Waals surface area contributed by atoms with Crippen LogP contribution in [0.2, 0.25) is 0 Å². The Labute approximate surface area is 87.8 Å². The van der Waals surface area contributed by atoms with E-state index in [1.807, 2.05) is 7.05 Å². The fourth-order valence-corrected chi connectivity index (χ4v) is 1.79. The summed E-state index contributed by atoms with van der Waals surface area (Å²) in [5.41, 5.74) is 6.32. The van der Waals surface area contributed by atoms with Crippen LogP contribution in [0, 0.1) is 0 Å². The molecular formula is C9H15N5O. The number of hydrogen-bond acceptors (Lipinski definition) is 4. The molecule has 4 N–H and O–H groups in total. The van der Waals surface area contributed by atoms with Crippen molar-refractivity contribution in [3.8, 4) is 0 Å². The van der Waals surface area contributed by atoms with Gasteiger partial charge >= 0.3 is 0 Å². The Morgan fingerprint density at radius 2 is 2.60 bits per heavy atom. The minimum absolute atomic E-state index is 0.176. The van der Waals surface area contributed by atoms with Gasteiger partial charge in [-0.3, -0.25) is 9.89 Å². The van der Waals surface area contributed by atoms with Crippen LogP contribution in [0.15, 0.2) is 6.20 Å². The first-order valence-electron chi connectivity index (χ1n) is 4.95. The Bertz CT molecular complexity index is 361. The number of nitrogens with one attached hydrogen (secondary N) is 2. The van der Waals surface area contributed by atoms with Crippen molar-refractivity contribution >= 4 is 11.6 Å². The van der Waals surface area contributed by atoms with Gasteiger partial charge in [0, 0.05) is 12.6 Å². The van der Waals surface area contributed by atoms with E-state index in [-0.39, 0.29) is 11.9 Å². The molecule has 1 amide bonds. The fraction of sp³-hybridized carbons (Fsp3) is 0.556. The van der Waals surface area contributed by atoms with Crippen LogP contribution < -0.4 is 11.1 Å². The van der Waals surface area contributed by atoms with Crippen molar-refractivity contribution in [2.75, 3.05) is 25.9 Å². The molecule has 1 aliphatic rings. The molecule has 0 aliphatic carbocycles. The number of nitrogen functional groups attached to an aromatic ring is 1. The van der Waals surface area contributed by atoms with E-state index < -0.39 is 0 Å². The summed E-state index contributed by atoms with van der Waals surface area (Å²) in [5, 5.41) is 9.22. The van der Waals surface area contributed by atoms with Gasteiger partial charge in [-0.2, -0.15) is 5.10 Å². The maximum atomic E-state index is 11.7. The van der Waals surface area contributed by atoms with Crippen molar-refractivity contribution < 1.29 is 4.79 Å². The molecular weight excluding hydrogens is 194 g/mol. The minimum atomic E-state index is -0.176. The number of aromatic amines is 1. The maximum Gasteiger partial charge on any atom is 0.271 e. The topological polar surface area (TPSA) is 87.0 Å². The lowest BCUT2D eigenvalue weighted by Gasteiger charge is -2.12. The van der Waals surface area contributed by atoms with Gasteiger partial charge in [0.05, 0.1) is 11.9 Å². The van der Waals surface area contributed by atoms with E-state index in [9.17, 15) is 4.79 Å². The standard InChI is InChI=1S/C9H15N5O/c1-14-3-2-6(5-14)12-9(15)8-7(10)4-11-13-8/h4,6H,2-3,5,10H2,1H3,(H,11,13)(H,12,15). The van der Waals surface area contributed by atoms with E-state index in [4.69, 9.17) is 5.73 Å². The molecule has 2 heterocycles. The van der Waals surface area contributed by atoms with Crippen molar-refractivity contribution in [2.24, 2.45) is 0 Å². The predicted octanol–water partition coefficient (Wildman–Crippen LogP) is -0.574. The fourth-order valence-electron chi connectivity index (χ4n) is 1.79. The molecule has 1 aliphatic heterocycles. The molecule has 0 aromatic carbocycles. The Balaban J connectivity index is 1.96. The van der Waals surface area contributed by atoms with Crippen LogP contribution in [0.3, 0.4) is 0 Å². The van der Waals surface area contributed by atoms with Crippen LogP contribution in [0.1, 0.15) is 16.9 Å². The third-order valence-electron chi connectivity index (χ3n) is 2.62. The van der Waals surface area contributed by atoms with Gasteiger partial charge in [-0.25, -0.2) is 0 Å². The third kappa shape index (κ3) is 2.10. The van der Waals surface area contributed by atoms with Gasteiger partial charge < -0.3 is 16.0 Å². The molecule has 1 atom stereocenters. The summed E-state index contributed by atoms with van der Waals surface area (Å²) >= 11 is 0. The summed E-state index contributed by atoms with van der Waals surface area (Å²) in [4.78, 5) is 13.9. The number of carbonyl (C=O) groups excluding carboxylic acids is 1. The minimum Gasteiger partial charge on any atom is -0.396 e. The normalized spacial score (nSPS) is 21.8. The molecule has 1 aromatic heterocycles. The maximum absolute atomic E-state index is 11.7. The van der Waals surface area contributed by atoms with Gasteiger partial charge in [0.1, 0.15) is 5.69 Å². The molecule has 15 heavy (non-hydrogen) atoms. The second-order valence-corrected chi connectivity index (χ2v) is 3.92. The Morgan fingerprint density at radius 1 is 1.80 bits per heavy atom. The van der Waals surface area contributed by atoms with E-state index in [1.54, 1.807) is 0 Å². The highest BCUT2D eigenvalue weighted by Crippen LogP contribution is 2.09. The lowest BCUT2D eigenvalue weighted by atomic mass is 10.2. The van der Waals surface area contributed by atoms with Gasteiger partial charge in [0.25, 0.3) is 5.91 Å². The van der Waals surface area contributed by atoms with Crippen molar-refractivity contribution in [1.29, 1.82) is 0 Å². The highest BCUT2D eigenvalue weighted by atomic mass is 16.2.